The Morgan fingerprint density at radius 3 is 2.45 bits per heavy atom. The quantitative estimate of drug-likeness (QED) is 0.763. The van der Waals surface area contributed by atoms with Gasteiger partial charge in [-0.1, -0.05) is 33.8 Å². The first kappa shape index (κ1) is 19.8. The van der Waals surface area contributed by atoms with Crippen molar-refractivity contribution in [3.05, 3.63) is 52.7 Å². The molecule has 118 valence electrons. The lowest BCUT2D eigenvalue weighted by molar-refractivity contribution is 0.287. The van der Waals surface area contributed by atoms with Gasteiger partial charge in [-0.2, -0.15) is 10.2 Å². The van der Waals surface area contributed by atoms with Crippen LogP contribution in [0, 0.1) is 17.1 Å². The molecule has 1 aromatic heterocycles. The van der Waals surface area contributed by atoms with Crippen molar-refractivity contribution in [2.45, 2.75) is 34.3 Å². The summed E-state index contributed by atoms with van der Waals surface area (Å²) in [5.41, 5.74) is 0.602. The maximum absolute atomic E-state index is 13.5. The molecule has 0 saturated carbocycles. The van der Waals surface area contributed by atoms with Crippen LogP contribution in [0.3, 0.4) is 0 Å². The van der Waals surface area contributed by atoms with Gasteiger partial charge in [0.25, 0.3) is 0 Å². The third-order valence-corrected chi connectivity index (χ3v) is 2.34. The van der Waals surface area contributed by atoms with Crippen LogP contribution in [0.5, 0.6) is 5.88 Å². The zero-order valence-corrected chi connectivity index (χ0v) is 13.9. The molecule has 0 saturated heterocycles. The topological polar surface area (TPSA) is 58.8 Å². The number of nitriles is 1. The number of aromatic nitrogens is 2. The number of halogens is 2. The van der Waals surface area contributed by atoms with Crippen LogP contribution in [0.4, 0.5) is 4.39 Å². The van der Waals surface area contributed by atoms with E-state index >= 15 is 0 Å². The highest BCUT2D eigenvalue weighted by molar-refractivity contribution is 6.28. The Bertz CT molecular complexity index is 615. The van der Waals surface area contributed by atoms with E-state index < -0.39 is 5.82 Å². The Morgan fingerprint density at radius 1 is 1.23 bits per heavy atom. The van der Waals surface area contributed by atoms with E-state index in [9.17, 15) is 4.39 Å². The number of hydrogen-bond donors (Lipinski definition) is 0. The fraction of sp³-hybridized carbons (Fsp3) is 0.312. The molecule has 22 heavy (non-hydrogen) atoms. The highest BCUT2D eigenvalue weighted by Crippen LogP contribution is 2.14. The van der Waals surface area contributed by atoms with Gasteiger partial charge in [0, 0.05) is 17.8 Å². The third-order valence-electron chi connectivity index (χ3n) is 2.16. The van der Waals surface area contributed by atoms with Crippen molar-refractivity contribution in [3.63, 3.8) is 0 Å². The van der Waals surface area contributed by atoms with E-state index in [0.717, 1.165) is 6.07 Å². The number of ether oxygens (including phenoxy) is 1. The maximum Gasteiger partial charge on any atom is 0.225 e. The van der Waals surface area contributed by atoms with Gasteiger partial charge in [-0.3, -0.25) is 0 Å². The largest absolute Gasteiger partial charge is 0.473 e. The molecule has 2 rings (SSSR count). The van der Waals surface area contributed by atoms with Gasteiger partial charge in [-0.25, -0.2) is 9.37 Å². The molecule has 0 fully saturated rings. The first-order valence-corrected chi connectivity index (χ1v) is 7.36. The predicted octanol–water partition coefficient (Wildman–Crippen LogP) is 4.77. The SMILES string of the molecule is CC.CC.N#Cc1ccc(COc2ccnc(Cl)n2)c(F)c1. The van der Waals surface area contributed by atoms with Gasteiger partial charge in [0.05, 0.1) is 11.6 Å². The second kappa shape index (κ2) is 11.5. The van der Waals surface area contributed by atoms with Crippen molar-refractivity contribution in [1.82, 2.24) is 9.97 Å². The minimum Gasteiger partial charge on any atom is -0.473 e. The van der Waals surface area contributed by atoms with E-state index in [1.54, 1.807) is 0 Å². The Morgan fingerprint density at radius 2 is 1.91 bits per heavy atom. The summed E-state index contributed by atoms with van der Waals surface area (Å²) in [5.74, 6) is -0.229. The van der Waals surface area contributed by atoms with Crippen LogP contribution in [-0.4, -0.2) is 9.97 Å². The van der Waals surface area contributed by atoms with Crippen molar-refractivity contribution >= 4 is 11.6 Å². The van der Waals surface area contributed by atoms with E-state index in [0.29, 0.717) is 5.56 Å². The van der Waals surface area contributed by atoms with E-state index in [2.05, 4.69) is 9.97 Å². The lowest BCUT2D eigenvalue weighted by Gasteiger charge is -2.06. The molecule has 0 spiro atoms. The third kappa shape index (κ3) is 6.51. The van der Waals surface area contributed by atoms with Crippen molar-refractivity contribution in [2.24, 2.45) is 0 Å². The Labute approximate surface area is 135 Å². The molecule has 0 amide bonds. The fourth-order valence-corrected chi connectivity index (χ4v) is 1.43. The summed E-state index contributed by atoms with van der Waals surface area (Å²) in [7, 11) is 0. The summed E-state index contributed by atoms with van der Waals surface area (Å²) in [6.07, 6.45) is 1.44. The van der Waals surface area contributed by atoms with Crippen LogP contribution in [0.2, 0.25) is 5.28 Å². The zero-order chi connectivity index (χ0) is 17.0. The molecule has 2 aromatic rings. The smallest absolute Gasteiger partial charge is 0.225 e. The van der Waals surface area contributed by atoms with E-state index in [1.165, 1.54) is 24.4 Å². The number of hydrogen-bond acceptors (Lipinski definition) is 4. The normalized spacial score (nSPS) is 8.59. The molecule has 0 N–H and O–H groups in total. The molecule has 0 aliphatic rings. The Balaban J connectivity index is 0.00000102. The minimum absolute atomic E-state index is 0.00485. The average molecular weight is 324 g/mol. The number of rotatable bonds is 3. The summed E-state index contributed by atoms with van der Waals surface area (Å²) in [4.78, 5) is 7.51. The predicted molar refractivity (Wildman–Crippen MR) is 85.2 cm³/mol. The Kier molecular flexibility index (Phi) is 10.3. The number of nitrogens with zero attached hydrogens (tertiary/aromatic N) is 3. The molecule has 6 heteroatoms. The number of benzene rings is 1. The molecule has 0 bridgehead atoms. The van der Waals surface area contributed by atoms with Gasteiger partial charge < -0.3 is 4.74 Å². The molecule has 0 unspecified atom stereocenters. The second-order valence-electron chi connectivity index (χ2n) is 3.37. The van der Waals surface area contributed by atoms with E-state index in [1.807, 2.05) is 33.8 Å². The maximum atomic E-state index is 13.5. The van der Waals surface area contributed by atoms with Crippen molar-refractivity contribution in [3.8, 4) is 11.9 Å². The van der Waals surface area contributed by atoms with Gasteiger partial charge >= 0.3 is 0 Å². The van der Waals surface area contributed by atoms with Crippen molar-refractivity contribution in [2.75, 3.05) is 0 Å². The van der Waals surface area contributed by atoms with Crippen LogP contribution in [0.25, 0.3) is 0 Å². The van der Waals surface area contributed by atoms with Gasteiger partial charge in [-0.15, -0.1) is 0 Å². The van der Waals surface area contributed by atoms with Crippen molar-refractivity contribution < 1.29 is 9.13 Å². The standard InChI is InChI=1S/C12H7ClFN3O.2C2H6/c13-12-16-4-3-11(17-12)18-7-9-2-1-8(6-15)5-10(9)14;2*1-2/h1-5H,7H2;2*1-2H3. The molecule has 0 aliphatic heterocycles. The fourth-order valence-electron chi connectivity index (χ4n) is 1.29. The van der Waals surface area contributed by atoms with Gasteiger partial charge in [0.15, 0.2) is 0 Å². The molecule has 1 aromatic carbocycles. The highest BCUT2D eigenvalue weighted by atomic mass is 35.5. The van der Waals surface area contributed by atoms with Crippen LogP contribution in [0.15, 0.2) is 30.5 Å². The van der Waals surface area contributed by atoms with Crippen LogP contribution in [-0.2, 0) is 6.61 Å². The van der Waals surface area contributed by atoms with Gasteiger partial charge in [0.1, 0.15) is 12.4 Å². The second-order valence-corrected chi connectivity index (χ2v) is 3.71. The van der Waals surface area contributed by atoms with E-state index in [-0.39, 0.29) is 23.3 Å². The Hall–Kier alpha value is -2.19. The van der Waals surface area contributed by atoms with Crippen LogP contribution in [0.1, 0.15) is 38.8 Å². The lowest BCUT2D eigenvalue weighted by Crippen LogP contribution is -2.00. The van der Waals surface area contributed by atoms with Crippen LogP contribution < -0.4 is 4.74 Å². The van der Waals surface area contributed by atoms with Gasteiger partial charge in [0.2, 0.25) is 11.2 Å². The highest BCUT2D eigenvalue weighted by Gasteiger charge is 2.05. The van der Waals surface area contributed by atoms with Gasteiger partial charge in [-0.05, 0) is 23.7 Å². The molecular weight excluding hydrogens is 305 g/mol. The molecular formula is C16H19ClFN3O. The summed E-state index contributed by atoms with van der Waals surface area (Å²) in [5, 5.41) is 8.67. The van der Waals surface area contributed by atoms with Crippen LogP contribution >= 0.6 is 11.6 Å². The first-order chi connectivity index (χ1) is 10.7. The van der Waals surface area contributed by atoms with E-state index in [4.69, 9.17) is 21.6 Å². The lowest BCUT2D eigenvalue weighted by atomic mass is 10.1. The summed E-state index contributed by atoms with van der Waals surface area (Å²) in [6.45, 7) is 8.00. The zero-order valence-electron chi connectivity index (χ0n) is 13.1. The molecule has 4 nitrogen and oxygen atoms in total. The minimum atomic E-state index is -0.491. The average Bonchev–Trinajstić information content (AvgIpc) is 2.57. The molecule has 1 heterocycles. The molecule has 0 atom stereocenters. The monoisotopic (exact) mass is 323 g/mol. The summed E-state index contributed by atoms with van der Waals surface area (Å²) in [6, 6.07) is 7.56. The van der Waals surface area contributed by atoms with Crippen molar-refractivity contribution in [1.29, 1.82) is 5.26 Å². The summed E-state index contributed by atoms with van der Waals surface area (Å²) < 4.78 is 18.8. The molecule has 0 radical (unpaired) electrons. The molecule has 0 aliphatic carbocycles. The first-order valence-electron chi connectivity index (χ1n) is 6.99. The summed E-state index contributed by atoms with van der Waals surface area (Å²) >= 11 is 5.59.